The van der Waals surface area contributed by atoms with Crippen molar-refractivity contribution < 1.29 is 14.1 Å². The van der Waals surface area contributed by atoms with Gasteiger partial charge in [0.1, 0.15) is 11.8 Å². The molecule has 7 nitrogen and oxygen atoms in total. The molecule has 2 aliphatic rings. The zero-order chi connectivity index (χ0) is 21.5. The third-order valence-electron chi connectivity index (χ3n) is 5.30. The van der Waals surface area contributed by atoms with E-state index in [1.165, 1.54) is 16.7 Å². The second-order valence-electron chi connectivity index (χ2n) is 7.27. The van der Waals surface area contributed by atoms with Crippen molar-refractivity contribution in [3.05, 3.63) is 76.5 Å². The fourth-order valence-corrected chi connectivity index (χ4v) is 4.90. The maximum atomic E-state index is 13.4. The van der Waals surface area contributed by atoms with Gasteiger partial charge in [0.15, 0.2) is 0 Å². The first-order chi connectivity index (χ1) is 15.0. The summed E-state index contributed by atoms with van der Waals surface area (Å²) in [6.45, 7) is 1.98. The number of aryl methyl sites for hydroxylation is 1. The third kappa shape index (κ3) is 3.51. The van der Waals surface area contributed by atoms with Crippen molar-refractivity contribution in [2.45, 2.75) is 24.8 Å². The molecule has 5 rings (SSSR count). The van der Waals surface area contributed by atoms with Crippen LogP contribution in [0.1, 0.15) is 11.5 Å². The summed E-state index contributed by atoms with van der Waals surface area (Å²) < 4.78 is 5.42. The van der Waals surface area contributed by atoms with Crippen LogP contribution in [0.5, 0.6) is 0 Å². The molecule has 2 unspecified atom stereocenters. The van der Waals surface area contributed by atoms with Crippen LogP contribution < -0.4 is 4.90 Å². The number of hydrogen-bond donors (Lipinski definition) is 0. The van der Waals surface area contributed by atoms with Crippen LogP contribution in [0.2, 0.25) is 5.02 Å². The van der Waals surface area contributed by atoms with Gasteiger partial charge in [-0.05, 0) is 48.2 Å². The van der Waals surface area contributed by atoms with Crippen LogP contribution in [0.25, 0.3) is 11.4 Å². The van der Waals surface area contributed by atoms with Crippen LogP contribution in [0, 0.1) is 6.92 Å². The second-order valence-corrected chi connectivity index (χ2v) is 8.75. The van der Waals surface area contributed by atoms with E-state index < -0.39 is 11.3 Å². The number of aromatic nitrogens is 2. The maximum absolute atomic E-state index is 13.4. The Morgan fingerprint density at radius 1 is 1.13 bits per heavy atom. The van der Waals surface area contributed by atoms with Gasteiger partial charge in [0.2, 0.25) is 11.7 Å². The van der Waals surface area contributed by atoms with E-state index in [1.54, 1.807) is 35.2 Å². The highest BCUT2D eigenvalue weighted by molar-refractivity contribution is 8.03. The van der Waals surface area contributed by atoms with E-state index in [9.17, 15) is 9.59 Å². The summed E-state index contributed by atoms with van der Waals surface area (Å²) in [5, 5.41) is 6.10. The van der Waals surface area contributed by atoms with Crippen molar-refractivity contribution in [2.75, 3.05) is 4.90 Å². The van der Waals surface area contributed by atoms with Crippen molar-refractivity contribution in [3.63, 3.8) is 0 Å². The van der Waals surface area contributed by atoms with E-state index in [0.717, 1.165) is 11.1 Å². The highest BCUT2D eigenvalue weighted by Crippen LogP contribution is 2.37. The molecule has 1 fully saturated rings. The zero-order valence-electron chi connectivity index (χ0n) is 16.4. The molecule has 3 amide bonds. The Morgan fingerprint density at radius 3 is 2.68 bits per heavy atom. The predicted molar refractivity (Wildman–Crippen MR) is 119 cm³/mol. The van der Waals surface area contributed by atoms with E-state index in [0.29, 0.717) is 22.4 Å². The Bertz CT molecular complexity index is 1190. The lowest BCUT2D eigenvalue weighted by Gasteiger charge is -2.40. The molecule has 3 heterocycles. The van der Waals surface area contributed by atoms with Crippen molar-refractivity contribution in [2.24, 2.45) is 0 Å². The molecule has 1 saturated heterocycles. The number of halogens is 1. The molecule has 156 valence electrons. The van der Waals surface area contributed by atoms with Crippen LogP contribution in [0.3, 0.4) is 0 Å². The number of imide groups is 1. The number of nitrogens with zero attached hydrogens (tertiary/aromatic N) is 4. The molecule has 31 heavy (non-hydrogen) atoms. The van der Waals surface area contributed by atoms with E-state index in [1.807, 2.05) is 36.6 Å². The number of anilines is 1. The van der Waals surface area contributed by atoms with Crippen LogP contribution in [-0.4, -0.2) is 38.3 Å². The van der Waals surface area contributed by atoms with Crippen molar-refractivity contribution in [3.8, 4) is 11.4 Å². The normalized spacial score (nSPS) is 20.5. The fraction of sp³-hybridized carbons (Fsp3) is 0.182. The largest absolute Gasteiger partial charge is 0.337 e. The summed E-state index contributed by atoms with van der Waals surface area (Å²) in [6, 6.07) is 13.7. The van der Waals surface area contributed by atoms with Gasteiger partial charge in [0.25, 0.3) is 5.91 Å². The average molecular weight is 453 g/mol. The molecule has 0 saturated carbocycles. The molecule has 0 aliphatic carbocycles. The number of benzene rings is 2. The molecule has 0 radical (unpaired) electrons. The van der Waals surface area contributed by atoms with Gasteiger partial charge >= 0.3 is 6.03 Å². The van der Waals surface area contributed by atoms with E-state index in [2.05, 4.69) is 10.1 Å². The van der Waals surface area contributed by atoms with Crippen LogP contribution >= 0.6 is 23.4 Å². The number of rotatable bonds is 4. The van der Waals surface area contributed by atoms with Crippen LogP contribution in [-0.2, 0) is 11.3 Å². The summed E-state index contributed by atoms with van der Waals surface area (Å²) in [4.78, 5) is 33.9. The Kier molecular flexibility index (Phi) is 5.03. The van der Waals surface area contributed by atoms with Gasteiger partial charge in [-0.15, -0.1) is 11.8 Å². The van der Waals surface area contributed by atoms with E-state index in [-0.39, 0.29) is 18.5 Å². The maximum Gasteiger partial charge on any atom is 0.332 e. The number of para-hydroxylation sites is 1. The highest BCUT2D eigenvalue weighted by atomic mass is 35.5. The molecule has 2 atom stereocenters. The summed E-state index contributed by atoms with van der Waals surface area (Å²) in [5.41, 5.74) is 2.19. The first-order valence-electron chi connectivity index (χ1n) is 9.64. The van der Waals surface area contributed by atoms with Gasteiger partial charge in [-0.1, -0.05) is 41.0 Å². The van der Waals surface area contributed by atoms with Gasteiger partial charge in [0, 0.05) is 10.6 Å². The van der Waals surface area contributed by atoms with Gasteiger partial charge in [-0.25, -0.2) is 9.69 Å². The summed E-state index contributed by atoms with van der Waals surface area (Å²) >= 11 is 7.35. The standard InChI is InChI=1S/C22H17ClN4O3S/c1-13-4-2-3-5-16(13)27-21(28)19-17(10-11-31-19)26(22(27)29)12-18-24-20(25-30-18)14-6-8-15(23)9-7-14/h2-11,17,19H,12H2,1H3. The Labute approximate surface area is 187 Å². The number of hydrogen-bond acceptors (Lipinski definition) is 6. The quantitative estimate of drug-likeness (QED) is 0.572. The molecule has 0 bridgehead atoms. The molecule has 0 N–H and O–H groups in total. The topological polar surface area (TPSA) is 79.5 Å². The molecule has 2 aliphatic heterocycles. The smallest absolute Gasteiger partial charge is 0.332 e. The minimum atomic E-state index is -0.407. The van der Waals surface area contributed by atoms with Crippen molar-refractivity contribution in [1.82, 2.24) is 15.0 Å². The molecule has 2 aromatic carbocycles. The lowest BCUT2D eigenvalue weighted by molar-refractivity contribution is -0.119. The zero-order valence-corrected chi connectivity index (χ0v) is 18.0. The minimum absolute atomic E-state index is 0.0984. The summed E-state index contributed by atoms with van der Waals surface area (Å²) in [7, 11) is 0. The molecular weight excluding hydrogens is 436 g/mol. The highest BCUT2D eigenvalue weighted by Gasteiger charge is 2.48. The second kappa shape index (κ2) is 7.86. The number of thioether (sulfide) groups is 1. The summed E-state index contributed by atoms with van der Waals surface area (Å²) in [6.07, 6.45) is 1.87. The molecule has 9 heteroatoms. The van der Waals surface area contributed by atoms with Gasteiger partial charge < -0.3 is 9.42 Å². The Balaban J connectivity index is 1.46. The van der Waals surface area contributed by atoms with Gasteiger partial charge in [0.05, 0.1) is 11.7 Å². The van der Waals surface area contributed by atoms with Gasteiger partial charge in [-0.3, -0.25) is 4.79 Å². The number of fused-ring (bicyclic) bond motifs is 1. The molecular formula is C22H17ClN4O3S. The first-order valence-corrected chi connectivity index (χ1v) is 11.0. The fourth-order valence-electron chi connectivity index (χ4n) is 3.73. The first kappa shape index (κ1) is 19.8. The molecule has 0 spiro atoms. The SMILES string of the molecule is Cc1ccccc1N1C(=O)C2SC=CC2N(Cc2nc(-c3ccc(Cl)cc3)no2)C1=O. The van der Waals surface area contributed by atoms with Crippen molar-refractivity contribution in [1.29, 1.82) is 0 Å². The Morgan fingerprint density at radius 2 is 1.90 bits per heavy atom. The van der Waals surface area contributed by atoms with E-state index >= 15 is 0 Å². The molecule has 1 aromatic heterocycles. The third-order valence-corrected chi connectivity index (χ3v) is 6.64. The number of carbonyl (C=O) groups is 2. The number of carbonyl (C=O) groups excluding carboxylic acids is 2. The average Bonchev–Trinajstić information content (AvgIpc) is 3.43. The number of amides is 3. The Hall–Kier alpha value is -3.10. The lowest BCUT2D eigenvalue weighted by Crippen LogP contribution is -2.61. The molecule has 3 aromatic rings. The van der Waals surface area contributed by atoms with Crippen LogP contribution in [0.15, 0.2) is 64.5 Å². The van der Waals surface area contributed by atoms with E-state index in [4.69, 9.17) is 16.1 Å². The number of urea groups is 1. The summed E-state index contributed by atoms with van der Waals surface area (Å²) in [5.74, 6) is 0.486. The van der Waals surface area contributed by atoms with Crippen molar-refractivity contribution >= 4 is 41.0 Å². The van der Waals surface area contributed by atoms with Gasteiger partial charge in [-0.2, -0.15) is 4.98 Å². The van der Waals surface area contributed by atoms with Crippen LogP contribution in [0.4, 0.5) is 10.5 Å². The monoisotopic (exact) mass is 452 g/mol. The lowest BCUT2D eigenvalue weighted by atomic mass is 10.1. The predicted octanol–water partition coefficient (Wildman–Crippen LogP) is 4.66. The minimum Gasteiger partial charge on any atom is -0.337 e.